The van der Waals surface area contributed by atoms with Gasteiger partial charge in [0.25, 0.3) is 0 Å². The molecular formula is C20H23N5O. The van der Waals surface area contributed by atoms with Gasteiger partial charge in [-0.15, -0.1) is 0 Å². The summed E-state index contributed by atoms with van der Waals surface area (Å²) in [5, 5.41) is 11.3. The van der Waals surface area contributed by atoms with Crippen LogP contribution in [-0.4, -0.2) is 32.0 Å². The van der Waals surface area contributed by atoms with Gasteiger partial charge < -0.3 is 5.32 Å². The Morgan fingerprint density at radius 2 is 1.92 bits per heavy atom. The Morgan fingerprint density at radius 1 is 1.12 bits per heavy atom. The van der Waals surface area contributed by atoms with E-state index in [0.29, 0.717) is 18.2 Å². The van der Waals surface area contributed by atoms with Crippen molar-refractivity contribution in [2.24, 2.45) is 5.92 Å². The molecule has 1 aliphatic carbocycles. The van der Waals surface area contributed by atoms with Crippen LogP contribution in [0.2, 0.25) is 0 Å². The number of anilines is 1. The summed E-state index contributed by atoms with van der Waals surface area (Å²) in [5.74, 6) is 1.44. The Kier molecular flexibility index (Phi) is 4.91. The summed E-state index contributed by atoms with van der Waals surface area (Å²) in [6.45, 7) is 0. The number of carbonyl (C=O) groups excluding carboxylic acids is 1. The Balaban J connectivity index is 1.28. The van der Waals surface area contributed by atoms with Gasteiger partial charge in [0.1, 0.15) is 17.9 Å². The van der Waals surface area contributed by atoms with E-state index in [2.05, 4.69) is 37.6 Å². The number of benzene rings is 1. The van der Waals surface area contributed by atoms with Crippen molar-refractivity contribution in [1.29, 1.82) is 0 Å². The molecule has 6 nitrogen and oxygen atoms in total. The number of hydrogen-bond donors (Lipinski definition) is 2. The van der Waals surface area contributed by atoms with Gasteiger partial charge in [0.15, 0.2) is 5.65 Å². The smallest absolute Gasteiger partial charge is 0.160 e. The first-order valence-electron chi connectivity index (χ1n) is 9.27. The number of hydrogen-bond acceptors (Lipinski definition) is 5. The highest BCUT2D eigenvalue weighted by molar-refractivity contribution is 5.85. The van der Waals surface area contributed by atoms with E-state index in [9.17, 15) is 4.79 Å². The van der Waals surface area contributed by atoms with Crippen molar-refractivity contribution >= 4 is 22.6 Å². The number of aryl methyl sites for hydroxylation is 1. The average molecular weight is 349 g/mol. The molecule has 134 valence electrons. The molecule has 0 radical (unpaired) electrons. The molecule has 3 aromatic rings. The Bertz CT molecular complexity index is 868. The van der Waals surface area contributed by atoms with Crippen molar-refractivity contribution < 1.29 is 4.79 Å². The molecule has 0 bridgehead atoms. The van der Waals surface area contributed by atoms with Gasteiger partial charge in [0.2, 0.25) is 0 Å². The molecule has 1 aliphatic rings. The Morgan fingerprint density at radius 3 is 2.73 bits per heavy atom. The van der Waals surface area contributed by atoms with Crippen LogP contribution in [0, 0.1) is 5.92 Å². The number of H-pyrrole nitrogens is 1. The zero-order valence-electron chi connectivity index (χ0n) is 14.7. The molecule has 6 heteroatoms. The number of nitrogens with zero attached hydrogens (tertiary/aromatic N) is 3. The zero-order chi connectivity index (χ0) is 17.8. The second-order valence-corrected chi connectivity index (χ2v) is 7.00. The van der Waals surface area contributed by atoms with Crippen molar-refractivity contribution in [3.8, 4) is 0 Å². The van der Waals surface area contributed by atoms with Crippen molar-refractivity contribution in [3.05, 3.63) is 48.4 Å². The molecule has 0 aliphatic heterocycles. The summed E-state index contributed by atoms with van der Waals surface area (Å²) < 4.78 is 0. The fourth-order valence-corrected chi connectivity index (χ4v) is 3.75. The van der Waals surface area contributed by atoms with Crippen LogP contribution in [0.25, 0.3) is 11.0 Å². The number of rotatable bonds is 6. The summed E-state index contributed by atoms with van der Waals surface area (Å²) in [5.41, 5.74) is 1.98. The van der Waals surface area contributed by atoms with E-state index in [0.717, 1.165) is 49.0 Å². The fraction of sp³-hybridized carbons (Fsp3) is 0.400. The minimum atomic E-state index is 0.205. The Hall–Kier alpha value is -2.76. The first-order chi connectivity index (χ1) is 12.8. The van der Waals surface area contributed by atoms with Gasteiger partial charge in [-0.25, -0.2) is 9.97 Å². The molecule has 4 rings (SSSR count). The molecule has 26 heavy (non-hydrogen) atoms. The van der Waals surface area contributed by atoms with E-state index in [-0.39, 0.29) is 5.92 Å². The van der Waals surface area contributed by atoms with Gasteiger partial charge >= 0.3 is 0 Å². The van der Waals surface area contributed by atoms with Gasteiger partial charge in [-0.2, -0.15) is 5.10 Å². The second-order valence-electron chi connectivity index (χ2n) is 7.00. The quantitative estimate of drug-likeness (QED) is 0.711. The van der Waals surface area contributed by atoms with Gasteiger partial charge in [-0.05, 0) is 37.7 Å². The molecule has 0 atom stereocenters. The summed E-state index contributed by atoms with van der Waals surface area (Å²) in [7, 11) is 0. The molecule has 1 aromatic carbocycles. The fourth-order valence-electron chi connectivity index (χ4n) is 3.75. The lowest BCUT2D eigenvalue weighted by Gasteiger charge is -2.28. The molecular weight excluding hydrogens is 326 g/mol. The van der Waals surface area contributed by atoms with Crippen LogP contribution in [-0.2, 0) is 11.2 Å². The van der Waals surface area contributed by atoms with Crippen LogP contribution >= 0.6 is 0 Å². The molecule has 2 aromatic heterocycles. The van der Waals surface area contributed by atoms with E-state index < -0.39 is 0 Å². The van der Waals surface area contributed by atoms with Gasteiger partial charge in [0, 0.05) is 18.4 Å². The number of Topliss-reactive ketones (excluding diaryl/α,β-unsaturated/α-hetero) is 1. The monoisotopic (exact) mass is 349 g/mol. The lowest BCUT2D eigenvalue weighted by molar-refractivity contribution is -0.123. The van der Waals surface area contributed by atoms with Crippen molar-refractivity contribution in [2.45, 2.75) is 44.6 Å². The minimum Gasteiger partial charge on any atom is -0.367 e. The highest BCUT2D eigenvalue weighted by atomic mass is 16.1. The third-order valence-corrected chi connectivity index (χ3v) is 5.27. The highest BCUT2D eigenvalue weighted by Gasteiger charge is 2.26. The van der Waals surface area contributed by atoms with Gasteiger partial charge in [-0.1, -0.05) is 30.3 Å². The van der Waals surface area contributed by atoms with Crippen molar-refractivity contribution in [3.63, 3.8) is 0 Å². The molecule has 2 heterocycles. The lowest BCUT2D eigenvalue weighted by atomic mass is 9.82. The van der Waals surface area contributed by atoms with Crippen LogP contribution in [0.1, 0.15) is 37.7 Å². The van der Waals surface area contributed by atoms with E-state index in [1.54, 1.807) is 12.5 Å². The van der Waals surface area contributed by atoms with Gasteiger partial charge in [0.05, 0.1) is 11.6 Å². The van der Waals surface area contributed by atoms with Crippen molar-refractivity contribution in [2.75, 3.05) is 5.32 Å². The maximum absolute atomic E-state index is 12.5. The van der Waals surface area contributed by atoms with E-state index >= 15 is 0 Å². The van der Waals surface area contributed by atoms with E-state index in [1.807, 2.05) is 18.2 Å². The van der Waals surface area contributed by atoms with Gasteiger partial charge in [-0.3, -0.25) is 9.89 Å². The summed E-state index contributed by atoms with van der Waals surface area (Å²) in [6, 6.07) is 10.6. The molecule has 0 spiro atoms. The minimum absolute atomic E-state index is 0.205. The van der Waals surface area contributed by atoms with Crippen LogP contribution in [0.5, 0.6) is 0 Å². The second kappa shape index (κ2) is 7.64. The van der Waals surface area contributed by atoms with Crippen LogP contribution in [0.4, 0.5) is 5.82 Å². The zero-order valence-corrected chi connectivity index (χ0v) is 14.7. The number of fused-ring (bicyclic) bond motifs is 1. The van der Waals surface area contributed by atoms with Crippen molar-refractivity contribution in [1.82, 2.24) is 20.2 Å². The summed E-state index contributed by atoms with van der Waals surface area (Å²) in [4.78, 5) is 21.0. The standard InChI is InChI=1S/C20H23N5O/c26-18(11-6-14-4-2-1-3-5-14)15-7-9-16(10-8-15)24-19-17-12-23-25-20(17)22-13-21-19/h1-5,12-13,15-16H,6-11H2,(H2,21,22,23,24,25). The Labute approximate surface area is 152 Å². The van der Waals surface area contributed by atoms with Crippen LogP contribution in [0.3, 0.4) is 0 Å². The highest BCUT2D eigenvalue weighted by Crippen LogP contribution is 2.29. The average Bonchev–Trinajstić information content (AvgIpc) is 3.17. The molecule has 2 N–H and O–H groups in total. The number of carbonyl (C=O) groups is 1. The summed E-state index contributed by atoms with van der Waals surface area (Å²) >= 11 is 0. The molecule has 1 fully saturated rings. The molecule has 0 saturated heterocycles. The topological polar surface area (TPSA) is 83.6 Å². The number of aromatic amines is 1. The van der Waals surface area contributed by atoms with Crippen LogP contribution in [0.15, 0.2) is 42.9 Å². The maximum atomic E-state index is 12.5. The predicted octanol–water partition coefficient (Wildman–Crippen LogP) is 3.53. The largest absolute Gasteiger partial charge is 0.367 e. The third kappa shape index (κ3) is 3.74. The third-order valence-electron chi connectivity index (χ3n) is 5.27. The summed E-state index contributed by atoms with van der Waals surface area (Å²) in [6.07, 6.45) is 8.66. The maximum Gasteiger partial charge on any atom is 0.160 e. The SMILES string of the molecule is O=C(CCc1ccccc1)C1CCC(Nc2ncnc3[nH]ncc23)CC1. The molecule has 0 amide bonds. The number of ketones is 1. The number of aromatic nitrogens is 4. The normalized spacial score (nSPS) is 20.2. The molecule has 1 saturated carbocycles. The van der Waals surface area contributed by atoms with E-state index in [1.165, 1.54) is 5.56 Å². The first-order valence-corrected chi connectivity index (χ1v) is 9.27. The van der Waals surface area contributed by atoms with E-state index in [4.69, 9.17) is 0 Å². The number of nitrogens with one attached hydrogen (secondary N) is 2. The molecule has 0 unspecified atom stereocenters. The van der Waals surface area contributed by atoms with Crippen LogP contribution < -0.4 is 5.32 Å². The lowest BCUT2D eigenvalue weighted by Crippen LogP contribution is -2.29. The predicted molar refractivity (Wildman–Crippen MR) is 101 cm³/mol. The first kappa shape index (κ1) is 16.7.